The van der Waals surface area contributed by atoms with Gasteiger partial charge in [0.1, 0.15) is 11.2 Å². The second-order valence-corrected chi connectivity index (χ2v) is 8.09. The largest absolute Gasteiger partial charge is 0.357 e. The Morgan fingerprint density at radius 1 is 1.29 bits per heavy atom. The normalized spacial score (nSPS) is 54.7. The predicted octanol–water partition coefficient (Wildman–Crippen LogP) is 3.40. The molecule has 0 spiro atoms. The molecule has 100 valence electrons. The number of fused-ring (bicyclic) bond motifs is 2. The fourth-order valence-corrected chi connectivity index (χ4v) is 5.58. The van der Waals surface area contributed by atoms with Crippen LogP contribution in [0.15, 0.2) is 0 Å². The molecule has 2 heterocycles. The second kappa shape index (κ2) is 4.14. The summed E-state index contributed by atoms with van der Waals surface area (Å²) in [5, 5.41) is -0.292. The van der Waals surface area contributed by atoms with E-state index >= 15 is 0 Å². The molecule has 2 rings (SSSR count). The molecule has 0 aromatic heterocycles. The summed E-state index contributed by atoms with van der Waals surface area (Å²) < 4.78 is 23.9. The topological polar surface area (TPSA) is 36.9 Å². The van der Waals surface area contributed by atoms with Gasteiger partial charge in [0.2, 0.25) is 0 Å². The van der Waals surface area contributed by atoms with E-state index in [0.29, 0.717) is 0 Å². The number of hydrogen-bond acceptors (Lipinski definition) is 4. The van der Waals surface area contributed by atoms with E-state index in [1.807, 2.05) is 20.8 Å². The SMILES string of the molecule is CCC1(C)OC2(C)CC(C)(O1)P(OC)C(C)O2. The zero-order chi connectivity index (χ0) is 12.9. The van der Waals surface area contributed by atoms with Gasteiger partial charge in [-0.2, -0.15) is 0 Å². The van der Waals surface area contributed by atoms with Crippen LogP contribution in [-0.2, 0) is 18.7 Å². The maximum Gasteiger partial charge on any atom is 0.173 e. The van der Waals surface area contributed by atoms with Gasteiger partial charge in [0.05, 0.1) is 8.15 Å². The van der Waals surface area contributed by atoms with Crippen molar-refractivity contribution in [1.82, 2.24) is 0 Å². The Morgan fingerprint density at radius 2 is 1.94 bits per heavy atom. The third-order valence-electron chi connectivity index (χ3n) is 3.57. The highest BCUT2D eigenvalue weighted by Crippen LogP contribution is 2.66. The molecule has 0 radical (unpaired) electrons. The van der Waals surface area contributed by atoms with Gasteiger partial charge in [0.15, 0.2) is 11.6 Å². The molecule has 2 saturated heterocycles. The average molecular weight is 262 g/mol. The highest BCUT2D eigenvalue weighted by atomic mass is 31.1. The van der Waals surface area contributed by atoms with Gasteiger partial charge in [-0.1, -0.05) is 6.92 Å². The fraction of sp³-hybridized carbons (Fsp3) is 1.00. The maximum absolute atomic E-state index is 6.22. The Morgan fingerprint density at radius 3 is 2.47 bits per heavy atom. The van der Waals surface area contributed by atoms with E-state index < -0.39 is 19.7 Å². The van der Waals surface area contributed by atoms with Crippen molar-refractivity contribution in [2.24, 2.45) is 0 Å². The van der Waals surface area contributed by atoms with Gasteiger partial charge in [-0.05, 0) is 34.1 Å². The minimum atomic E-state index is -0.772. The summed E-state index contributed by atoms with van der Waals surface area (Å²) in [6.07, 6.45) is 1.52. The van der Waals surface area contributed by atoms with Crippen molar-refractivity contribution in [3.63, 3.8) is 0 Å². The monoisotopic (exact) mass is 262 g/mol. The van der Waals surface area contributed by atoms with Gasteiger partial charge in [-0.15, -0.1) is 0 Å². The summed E-state index contributed by atoms with van der Waals surface area (Å²) in [5.74, 6) is -1.12. The molecule has 2 aliphatic heterocycles. The molecule has 2 aliphatic rings. The van der Waals surface area contributed by atoms with Crippen LogP contribution in [0.1, 0.15) is 47.5 Å². The Kier molecular flexibility index (Phi) is 3.34. The molecular formula is C12H23O4P. The van der Waals surface area contributed by atoms with Crippen LogP contribution >= 0.6 is 8.15 Å². The van der Waals surface area contributed by atoms with Crippen LogP contribution in [0, 0.1) is 0 Å². The van der Waals surface area contributed by atoms with Crippen molar-refractivity contribution < 1.29 is 18.7 Å². The average Bonchev–Trinajstić information content (AvgIpc) is 2.13. The van der Waals surface area contributed by atoms with Crippen molar-refractivity contribution in [2.45, 2.75) is 70.2 Å². The number of hydrogen-bond donors (Lipinski definition) is 0. The smallest absolute Gasteiger partial charge is 0.173 e. The Labute approximate surface area is 105 Å². The summed E-state index contributed by atoms with van der Waals surface area (Å²) in [7, 11) is 0.966. The van der Waals surface area contributed by atoms with Gasteiger partial charge in [-0.3, -0.25) is 0 Å². The van der Waals surface area contributed by atoms with E-state index in [2.05, 4.69) is 13.8 Å². The molecule has 0 saturated carbocycles. The van der Waals surface area contributed by atoms with E-state index in [1.54, 1.807) is 7.11 Å². The third-order valence-corrected chi connectivity index (χ3v) is 5.91. The lowest BCUT2D eigenvalue weighted by Crippen LogP contribution is -2.61. The van der Waals surface area contributed by atoms with Gasteiger partial charge < -0.3 is 18.7 Å². The number of ether oxygens (including phenoxy) is 3. The third kappa shape index (κ3) is 2.26. The Balaban J connectivity index is 2.34. The highest BCUT2D eigenvalue weighted by Gasteiger charge is 2.60. The van der Waals surface area contributed by atoms with Gasteiger partial charge in [0, 0.05) is 13.5 Å². The molecule has 5 heteroatoms. The second-order valence-electron chi connectivity index (χ2n) is 5.40. The quantitative estimate of drug-likeness (QED) is 0.715. The first-order valence-electron chi connectivity index (χ1n) is 6.17. The van der Waals surface area contributed by atoms with E-state index in [-0.39, 0.29) is 11.2 Å². The molecule has 0 aliphatic carbocycles. The van der Waals surface area contributed by atoms with E-state index in [9.17, 15) is 0 Å². The van der Waals surface area contributed by atoms with Crippen molar-refractivity contribution in [3.8, 4) is 0 Å². The van der Waals surface area contributed by atoms with Crippen LogP contribution in [0.3, 0.4) is 0 Å². The Hall–Kier alpha value is 0.270. The van der Waals surface area contributed by atoms with Crippen molar-refractivity contribution in [3.05, 3.63) is 0 Å². The predicted molar refractivity (Wildman–Crippen MR) is 66.8 cm³/mol. The molecule has 4 nitrogen and oxygen atoms in total. The maximum atomic E-state index is 6.22. The lowest BCUT2D eigenvalue weighted by Gasteiger charge is -2.59. The highest BCUT2D eigenvalue weighted by molar-refractivity contribution is 7.54. The minimum absolute atomic E-state index is 0.0279. The standard InChI is InChI=1S/C12H23O4P/c1-7-10(3)15-11(4)8-12(5,16-10)17(13-6)9(2)14-11/h9H,7-8H2,1-6H3. The van der Waals surface area contributed by atoms with Crippen LogP contribution < -0.4 is 0 Å². The first-order chi connectivity index (χ1) is 7.76. The fourth-order valence-electron chi connectivity index (χ4n) is 3.08. The molecule has 5 atom stereocenters. The van der Waals surface area contributed by atoms with Crippen molar-refractivity contribution in [2.75, 3.05) is 7.11 Å². The molecular weight excluding hydrogens is 239 g/mol. The van der Waals surface area contributed by atoms with Crippen LogP contribution in [0.4, 0.5) is 0 Å². The zero-order valence-electron chi connectivity index (χ0n) is 11.6. The zero-order valence-corrected chi connectivity index (χ0v) is 12.5. The van der Waals surface area contributed by atoms with Crippen molar-refractivity contribution >= 4 is 8.15 Å². The summed E-state index contributed by atoms with van der Waals surface area (Å²) in [6.45, 7) is 10.2. The molecule has 0 amide bonds. The van der Waals surface area contributed by atoms with E-state index in [0.717, 1.165) is 12.8 Å². The number of rotatable bonds is 2. The van der Waals surface area contributed by atoms with Crippen molar-refractivity contribution in [1.29, 1.82) is 0 Å². The lowest BCUT2D eigenvalue weighted by atomic mass is 10.1. The van der Waals surface area contributed by atoms with E-state index in [4.69, 9.17) is 18.7 Å². The summed E-state index contributed by atoms with van der Waals surface area (Å²) in [6, 6.07) is 0. The van der Waals surface area contributed by atoms with Gasteiger partial charge in [-0.25, -0.2) is 0 Å². The van der Waals surface area contributed by atoms with Crippen LogP contribution in [-0.4, -0.2) is 29.9 Å². The molecule has 2 fully saturated rings. The minimum Gasteiger partial charge on any atom is -0.357 e. The summed E-state index contributed by atoms with van der Waals surface area (Å²) >= 11 is 0. The first kappa shape index (κ1) is 13.7. The molecule has 5 unspecified atom stereocenters. The van der Waals surface area contributed by atoms with Gasteiger partial charge in [0.25, 0.3) is 0 Å². The van der Waals surface area contributed by atoms with Crippen LogP contribution in [0.25, 0.3) is 0 Å². The lowest BCUT2D eigenvalue weighted by molar-refractivity contribution is -0.419. The van der Waals surface area contributed by atoms with Gasteiger partial charge >= 0.3 is 0 Å². The van der Waals surface area contributed by atoms with E-state index in [1.165, 1.54) is 0 Å². The summed E-state index contributed by atoms with van der Waals surface area (Å²) in [4.78, 5) is 0. The molecule has 0 N–H and O–H groups in total. The Bertz CT molecular complexity index is 313. The molecule has 2 bridgehead atoms. The van der Waals surface area contributed by atoms with Crippen LogP contribution in [0.5, 0.6) is 0 Å². The first-order valence-corrected chi connectivity index (χ1v) is 7.50. The molecule has 0 aromatic rings. The van der Waals surface area contributed by atoms with Crippen LogP contribution in [0.2, 0.25) is 0 Å². The molecule has 17 heavy (non-hydrogen) atoms. The molecule has 0 aromatic carbocycles. The summed E-state index contributed by atoms with van der Waals surface area (Å²) in [5.41, 5.74) is 0.